The molecule has 21 heavy (non-hydrogen) atoms. The van der Waals surface area contributed by atoms with Gasteiger partial charge in [-0.15, -0.1) is 0 Å². The van der Waals surface area contributed by atoms with E-state index in [-0.39, 0.29) is 17.5 Å². The van der Waals surface area contributed by atoms with Crippen LogP contribution in [-0.4, -0.2) is 16.3 Å². The third-order valence-electron chi connectivity index (χ3n) is 3.74. The molecule has 0 saturated carbocycles. The van der Waals surface area contributed by atoms with Crippen LogP contribution >= 0.6 is 0 Å². The molecule has 0 amide bonds. The van der Waals surface area contributed by atoms with E-state index in [0.717, 1.165) is 12.8 Å². The van der Waals surface area contributed by atoms with E-state index in [4.69, 9.17) is 0 Å². The molecule has 3 N–H and O–H groups in total. The maximum atomic E-state index is 9.88. The fourth-order valence-corrected chi connectivity index (χ4v) is 2.61. The summed E-state index contributed by atoms with van der Waals surface area (Å²) >= 11 is 0. The van der Waals surface area contributed by atoms with Crippen LogP contribution in [0.5, 0.6) is 11.5 Å². The molecule has 2 aromatic rings. The van der Waals surface area contributed by atoms with Crippen molar-refractivity contribution < 1.29 is 10.2 Å². The van der Waals surface area contributed by atoms with Gasteiger partial charge in [-0.2, -0.15) is 0 Å². The van der Waals surface area contributed by atoms with E-state index in [1.54, 1.807) is 18.2 Å². The quantitative estimate of drug-likeness (QED) is 0.757. The minimum absolute atomic E-state index is 0.100. The summed E-state index contributed by atoms with van der Waals surface area (Å²) in [5, 5.41) is 23.2. The van der Waals surface area contributed by atoms with Gasteiger partial charge >= 0.3 is 0 Å². The molecule has 2 aromatic carbocycles. The SMILES string of the molecule is CC(CCc1ccccc1)NC(C)c1c(O)cccc1O. The summed E-state index contributed by atoms with van der Waals surface area (Å²) in [6.07, 6.45) is 2.01. The monoisotopic (exact) mass is 285 g/mol. The Balaban J connectivity index is 1.91. The highest BCUT2D eigenvalue weighted by molar-refractivity contribution is 5.44. The Hall–Kier alpha value is -2.00. The Labute approximate surface area is 126 Å². The van der Waals surface area contributed by atoms with Gasteiger partial charge in [-0.05, 0) is 44.4 Å². The molecule has 2 atom stereocenters. The second-order valence-electron chi connectivity index (χ2n) is 5.52. The molecule has 0 heterocycles. The Morgan fingerprint density at radius 2 is 1.52 bits per heavy atom. The van der Waals surface area contributed by atoms with Crippen LogP contribution in [0.2, 0.25) is 0 Å². The molecule has 112 valence electrons. The van der Waals surface area contributed by atoms with Crippen LogP contribution in [0.15, 0.2) is 48.5 Å². The fraction of sp³-hybridized carbons (Fsp3) is 0.333. The van der Waals surface area contributed by atoms with Crippen molar-refractivity contribution in [1.82, 2.24) is 5.32 Å². The van der Waals surface area contributed by atoms with Crippen molar-refractivity contribution in [3.8, 4) is 11.5 Å². The lowest BCUT2D eigenvalue weighted by atomic mass is 10.0. The smallest absolute Gasteiger partial charge is 0.124 e. The number of nitrogens with one attached hydrogen (secondary N) is 1. The summed E-state index contributed by atoms with van der Waals surface area (Å²) in [6.45, 7) is 4.07. The molecule has 3 nitrogen and oxygen atoms in total. The molecule has 0 fully saturated rings. The number of phenolic OH excluding ortho intramolecular Hbond substituents is 2. The van der Waals surface area contributed by atoms with Crippen molar-refractivity contribution in [2.75, 3.05) is 0 Å². The molecular formula is C18H23NO2. The van der Waals surface area contributed by atoms with Crippen LogP contribution in [0, 0.1) is 0 Å². The minimum atomic E-state index is -0.100. The number of phenols is 2. The first-order valence-electron chi connectivity index (χ1n) is 7.38. The fourth-order valence-electron chi connectivity index (χ4n) is 2.61. The first kappa shape index (κ1) is 15.4. The molecule has 0 aliphatic carbocycles. The highest BCUT2D eigenvalue weighted by Crippen LogP contribution is 2.32. The lowest BCUT2D eigenvalue weighted by molar-refractivity contribution is 0.398. The molecule has 0 saturated heterocycles. The standard InChI is InChI=1S/C18H23NO2/c1-13(11-12-15-7-4-3-5-8-15)19-14(2)18-16(20)9-6-10-17(18)21/h3-10,13-14,19-21H,11-12H2,1-2H3. The Morgan fingerprint density at radius 1 is 0.905 bits per heavy atom. The van der Waals surface area contributed by atoms with E-state index in [0.29, 0.717) is 11.6 Å². The highest BCUT2D eigenvalue weighted by atomic mass is 16.3. The average Bonchev–Trinajstić information content (AvgIpc) is 2.46. The second kappa shape index (κ2) is 7.14. The van der Waals surface area contributed by atoms with Gasteiger partial charge in [0.25, 0.3) is 0 Å². The first-order valence-corrected chi connectivity index (χ1v) is 7.38. The van der Waals surface area contributed by atoms with Gasteiger partial charge < -0.3 is 15.5 Å². The third kappa shape index (κ3) is 4.23. The maximum Gasteiger partial charge on any atom is 0.124 e. The van der Waals surface area contributed by atoms with Crippen LogP contribution in [0.1, 0.15) is 37.4 Å². The Kier molecular flexibility index (Phi) is 5.23. The highest BCUT2D eigenvalue weighted by Gasteiger charge is 2.16. The summed E-state index contributed by atoms with van der Waals surface area (Å²) in [5.74, 6) is 0.260. The molecular weight excluding hydrogens is 262 g/mol. The minimum Gasteiger partial charge on any atom is -0.507 e. The van der Waals surface area contributed by atoms with Crippen LogP contribution in [-0.2, 0) is 6.42 Å². The summed E-state index contributed by atoms with van der Waals surface area (Å²) in [5.41, 5.74) is 1.88. The number of hydrogen-bond acceptors (Lipinski definition) is 3. The van der Waals surface area contributed by atoms with E-state index in [9.17, 15) is 10.2 Å². The predicted molar refractivity (Wildman–Crippen MR) is 85.5 cm³/mol. The summed E-state index contributed by atoms with van der Waals surface area (Å²) in [6, 6.07) is 15.4. The zero-order valence-electron chi connectivity index (χ0n) is 12.6. The molecule has 2 unspecified atom stereocenters. The normalized spacial score (nSPS) is 13.8. The van der Waals surface area contributed by atoms with Gasteiger partial charge in [0.2, 0.25) is 0 Å². The lowest BCUT2D eigenvalue weighted by Crippen LogP contribution is -2.29. The number of aromatic hydroxyl groups is 2. The van der Waals surface area contributed by atoms with Gasteiger partial charge in [0, 0.05) is 12.1 Å². The van der Waals surface area contributed by atoms with Crippen molar-refractivity contribution in [2.45, 2.75) is 38.8 Å². The largest absolute Gasteiger partial charge is 0.507 e. The molecule has 0 aromatic heterocycles. The van der Waals surface area contributed by atoms with Crippen LogP contribution in [0.25, 0.3) is 0 Å². The van der Waals surface area contributed by atoms with Crippen LogP contribution in [0.3, 0.4) is 0 Å². The summed E-state index contributed by atoms with van der Waals surface area (Å²) in [4.78, 5) is 0. The van der Waals surface area contributed by atoms with E-state index >= 15 is 0 Å². The van der Waals surface area contributed by atoms with Gasteiger partial charge in [-0.1, -0.05) is 36.4 Å². The van der Waals surface area contributed by atoms with Gasteiger partial charge in [0.15, 0.2) is 0 Å². The van der Waals surface area contributed by atoms with Crippen molar-refractivity contribution in [2.24, 2.45) is 0 Å². The maximum absolute atomic E-state index is 9.88. The molecule has 0 aliphatic rings. The van der Waals surface area contributed by atoms with Crippen molar-refractivity contribution in [3.05, 3.63) is 59.7 Å². The molecule has 0 spiro atoms. The lowest BCUT2D eigenvalue weighted by Gasteiger charge is -2.22. The molecule has 0 radical (unpaired) electrons. The van der Waals surface area contributed by atoms with E-state index < -0.39 is 0 Å². The number of rotatable bonds is 6. The van der Waals surface area contributed by atoms with Gasteiger partial charge in [-0.25, -0.2) is 0 Å². The molecule has 0 bridgehead atoms. The molecule has 2 rings (SSSR count). The summed E-state index contributed by atoms with van der Waals surface area (Å²) in [7, 11) is 0. The second-order valence-corrected chi connectivity index (χ2v) is 5.52. The first-order chi connectivity index (χ1) is 10.1. The van der Waals surface area contributed by atoms with Crippen molar-refractivity contribution in [1.29, 1.82) is 0 Å². The van der Waals surface area contributed by atoms with E-state index in [2.05, 4.69) is 36.5 Å². The van der Waals surface area contributed by atoms with Gasteiger partial charge in [0.05, 0.1) is 5.56 Å². The van der Waals surface area contributed by atoms with E-state index in [1.807, 2.05) is 13.0 Å². The zero-order valence-corrected chi connectivity index (χ0v) is 12.6. The van der Waals surface area contributed by atoms with Crippen molar-refractivity contribution in [3.63, 3.8) is 0 Å². The molecule has 3 heteroatoms. The predicted octanol–water partition coefficient (Wildman–Crippen LogP) is 3.77. The zero-order chi connectivity index (χ0) is 15.2. The van der Waals surface area contributed by atoms with Crippen LogP contribution in [0.4, 0.5) is 0 Å². The Morgan fingerprint density at radius 3 is 2.14 bits per heavy atom. The Bertz CT molecular complexity index is 548. The molecule has 0 aliphatic heterocycles. The third-order valence-corrected chi connectivity index (χ3v) is 3.74. The topological polar surface area (TPSA) is 52.5 Å². The van der Waals surface area contributed by atoms with Crippen molar-refractivity contribution >= 4 is 0 Å². The number of hydrogen-bond donors (Lipinski definition) is 3. The average molecular weight is 285 g/mol. The summed E-state index contributed by atoms with van der Waals surface area (Å²) < 4.78 is 0. The number of aryl methyl sites for hydroxylation is 1. The van der Waals surface area contributed by atoms with Crippen LogP contribution < -0.4 is 5.32 Å². The van der Waals surface area contributed by atoms with Gasteiger partial charge in [0.1, 0.15) is 11.5 Å². The van der Waals surface area contributed by atoms with Gasteiger partial charge in [-0.3, -0.25) is 0 Å². The number of benzene rings is 2. The van der Waals surface area contributed by atoms with E-state index in [1.165, 1.54) is 5.56 Å².